The van der Waals surface area contributed by atoms with Gasteiger partial charge in [-0.25, -0.2) is 0 Å². The first-order valence-corrected chi connectivity index (χ1v) is 4.14. The van der Waals surface area contributed by atoms with Gasteiger partial charge in [0.2, 0.25) is 0 Å². The summed E-state index contributed by atoms with van der Waals surface area (Å²) >= 11 is 0. The van der Waals surface area contributed by atoms with Gasteiger partial charge in [-0.2, -0.15) is 4.68 Å². The molecule has 1 aromatic heterocycles. The molecule has 0 spiro atoms. The highest BCUT2D eigenvalue weighted by atomic mass is 16.7. The van der Waals surface area contributed by atoms with E-state index in [1.165, 1.54) is 0 Å². The maximum absolute atomic E-state index is 10.5. The van der Waals surface area contributed by atoms with Crippen LogP contribution >= 0.6 is 0 Å². The molecule has 0 saturated heterocycles. The Morgan fingerprint density at radius 3 is 2.33 bits per heavy atom. The van der Waals surface area contributed by atoms with Crippen molar-refractivity contribution in [2.24, 2.45) is 0 Å². The van der Waals surface area contributed by atoms with Crippen molar-refractivity contribution in [3.05, 3.63) is 21.9 Å². The summed E-state index contributed by atoms with van der Waals surface area (Å²) in [6.07, 6.45) is 1.02. The van der Waals surface area contributed by atoms with Crippen molar-refractivity contribution >= 4 is 5.82 Å². The molecule has 84 valence electrons. The van der Waals surface area contributed by atoms with Gasteiger partial charge in [0.05, 0.1) is 17.3 Å². The van der Waals surface area contributed by atoms with Crippen molar-refractivity contribution in [3.8, 4) is 0 Å². The Kier molecular flexibility index (Phi) is 2.75. The van der Waals surface area contributed by atoms with Gasteiger partial charge in [0.1, 0.15) is 0 Å². The van der Waals surface area contributed by atoms with Gasteiger partial charge in [-0.15, -0.1) is 0 Å². The zero-order valence-electron chi connectivity index (χ0n) is 8.15. The molecule has 0 aliphatic heterocycles. The lowest BCUT2D eigenvalue weighted by atomic mass is 10.3. The minimum Gasteiger partial charge on any atom is -0.358 e. The topological polar surface area (TPSA) is 122 Å². The summed E-state index contributed by atoms with van der Waals surface area (Å²) < 4.78 is 1.16. The average Bonchev–Trinajstić information content (AvgIpc) is 2.45. The van der Waals surface area contributed by atoms with Crippen LogP contribution in [0.4, 0.5) is 5.82 Å². The van der Waals surface area contributed by atoms with Crippen LogP contribution in [0.15, 0.2) is 6.20 Å². The zero-order chi connectivity index (χ0) is 11.8. The molecule has 1 rings (SSSR count). The summed E-state index contributed by atoms with van der Waals surface area (Å²) in [5.41, 5.74) is -0.652. The van der Waals surface area contributed by atoms with E-state index in [4.69, 9.17) is 15.3 Å². The highest BCUT2D eigenvalue weighted by Gasteiger charge is 2.36. The molecule has 8 heteroatoms. The second-order valence-corrected chi connectivity index (χ2v) is 3.33. The van der Waals surface area contributed by atoms with Gasteiger partial charge in [0.25, 0.3) is 0 Å². The molecule has 0 unspecified atom stereocenters. The van der Waals surface area contributed by atoms with Crippen LogP contribution in [0.3, 0.4) is 0 Å². The highest BCUT2D eigenvalue weighted by molar-refractivity contribution is 5.32. The van der Waals surface area contributed by atoms with Gasteiger partial charge in [0.15, 0.2) is 5.56 Å². The summed E-state index contributed by atoms with van der Waals surface area (Å²) in [5, 5.41) is 40.6. The smallest absolute Gasteiger partial charge is 0.358 e. The molecular formula is C7H11N3O5. The third-order valence-corrected chi connectivity index (χ3v) is 1.78. The first-order valence-electron chi connectivity index (χ1n) is 4.14. The van der Waals surface area contributed by atoms with Gasteiger partial charge in [-0.1, -0.05) is 0 Å². The summed E-state index contributed by atoms with van der Waals surface area (Å²) in [6.45, 7) is 3.41. The molecule has 1 aromatic rings. The Morgan fingerprint density at radius 2 is 2.07 bits per heavy atom. The van der Waals surface area contributed by atoms with Gasteiger partial charge in [-0.05, 0) is 18.8 Å². The summed E-state index contributed by atoms with van der Waals surface area (Å²) in [7, 11) is 0. The van der Waals surface area contributed by atoms with Crippen LogP contribution in [0.2, 0.25) is 0 Å². The van der Waals surface area contributed by atoms with Crippen molar-refractivity contribution in [2.75, 3.05) is 0 Å². The first kappa shape index (κ1) is 11.6. The molecule has 0 fully saturated rings. The molecule has 8 nitrogen and oxygen atoms in total. The normalized spacial score (nSPS) is 12.1. The molecule has 3 N–H and O–H groups in total. The van der Waals surface area contributed by atoms with E-state index in [0.29, 0.717) is 0 Å². The number of nitrogens with zero attached hydrogens (tertiary/aromatic N) is 3. The van der Waals surface area contributed by atoms with Crippen LogP contribution in [-0.4, -0.2) is 30.0 Å². The van der Waals surface area contributed by atoms with Crippen LogP contribution in [0.25, 0.3) is 0 Å². The number of hydrogen-bond acceptors (Lipinski definition) is 6. The van der Waals surface area contributed by atoms with Gasteiger partial charge in [-0.3, -0.25) is 0 Å². The van der Waals surface area contributed by atoms with E-state index in [1.54, 1.807) is 13.8 Å². The van der Waals surface area contributed by atoms with Gasteiger partial charge < -0.3 is 25.4 Å². The van der Waals surface area contributed by atoms with Gasteiger partial charge >= 0.3 is 11.8 Å². The summed E-state index contributed by atoms with van der Waals surface area (Å²) in [6, 6.07) is -0.195. The Balaban J connectivity index is 3.30. The second-order valence-electron chi connectivity index (χ2n) is 3.33. The summed E-state index contributed by atoms with van der Waals surface area (Å²) in [5.74, 6) is -4.04. The molecule has 15 heavy (non-hydrogen) atoms. The molecule has 0 aliphatic rings. The van der Waals surface area contributed by atoms with Gasteiger partial charge in [0, 0.05) is 0 Å². The van der Waals surface area contributed by atoms with E-state index >= 15 is 0 Å². The molecular weight excluding hydrogens is 206 g/mol. The fraction of sp³-hybridized carbons (Fsp3) is 0.571. The third-order valence-electron chi connectivity index (χ3n) is 1.78. The minimum atomic E-state index is -3.25. The Labute approximate surface area is 84.5 Å². The third kappa shape index (κ3) is 2.29. The Hall–Kier alpha value is -1.51. The predicted molar refractivity (Wildman–Crippen MR) is 47.6 cm³/mol. The van der Waals surface area contributed by atoms with E-state index in [0.717, 1.165) is 10.9 Å². The quantitative estimate of drug-likeness (QED) is 0.355. The predicted octanol–water partition coefficient (Wildman–Crippen LogP) is -0.541. The van der Waals surface area contributed by atoms with Crippen LogP contribution in [-0.2, 0) is 5.97 Å². The molecule has 0 atom stereocenters. The molecule has 1 heterocycles. The number of aliphatic hydroxyl groups is 3. The molecule has 0 saturated carbocycles. The molecule has 0 bridgehead atoms. The first-order chi connectivity index (χ1) is 6.73. The Morgan fingerprint density at radius 1 is 1.53 bits per heavy atom. The fourth-order valence-corrected chi connectivity index (χ4v) is 1.02. The van der Waals surface area contributed by atoms with Crippen molar-refractivity contribution < 1.29 is 20.2 Å². The van der Waals surface area contributed by atoms with Crippen LogP contribution in [0.1, 0.15) is 25.5 Å². The number of aromatic nitrogens is 2. The minimum absolute atomic E-state index is 0.195. The average molecular weight is 217 g/mol. The van der Waals surface area contributed by atoms with E-state index in [9.17, 15) is 10.1 Å². The standard InChI is InChI=1S/C7H11N3O5/c1-4(2)9-3-5(7(11,12)13)6(8-9)10(14)15/h3-4,11-13H,1-2H3. The number of nitro groups is 1. The molecule has 0 radical (unpaired) electrons. The second kappa shape index (κ2) is 3.57. The molecule has 0 amide bonds. The summed E-state index contributed by atoms with van der Waals surface area (Å²) in [4.78, 5) is 9.60. The van der Waals surface area contributed by atoms with Crippen molar-refractivity contribution in [1.82, 2.24) is 9.78 Å². The lowest BCUT2D eigenvalue weighted by Crippen LogP contribution is -2.24. The maximum Gasteiger partial charge on any atom is 0.401 e. The lowest BCUT2D eigenvalue weighted by Gasteiger charge is -2.10. The van der Waals surface area contributed by atoms with E-state index in [1.807, 2.05) is 0 Å². The largest absolute Gasteiger partial charge is 0.401 e. The van der Waals surface area contributed by atoms with Crippen molar-refractivity contribution in [2.45, 2.75) is 25.9 Å². The highest BCUT2D eigenvalue weighted by Crippen LogP contribution is 2.25. The monoisotopic (exact) mass is 217 g/mol. The van der Waals surface area contributed by atoms with Crippen LogP contribution < -0.4 is 0 Å². The van der Waals surface area contributed by atoms with Crippen LogP contribution in [0, 0.1) is 10.1 Å². The number of hydrogen-bond donors (Lipinski definition) is 3. The fourth-order valence-electron chi connectivity index (χ4n) is 1.02. The number of rotatable bonds is 3. The van der Waals surface area contributed by atoms with E-state index < -0.39 is 22.3 Å². The van der Waals surface area contributed by atoms with E-state index in [-0.39, 0.29) is 6.04 Å². The lowest BCUT2D eigenvalue weighted by molar-refractivity contribution is -0.399. The van der Waals surface area contributed by atoms with Crippen molar-refractivity contribution in [1.29, 1.82) is 0 Å². The molecule has 0 aromatic carbocycles. The maximum atomic E-state index is 10.5. The Bertz CT molecular complexity index is 378. The SMILES string of the molecule is CC(C)n1cc(C(O)(O)O)c([N+](=O)[O-])n1. The van der Waals surface area contributed by atoms with Crippen molar-refractivity contribution in [3.63, 3.8) is 0 Å². The zero-order valence-corrected chi connectivity index (χ0v) is 8.15. The molecule has 0 aliphatic carbocycles. The van der Waals surface area contributed by atoms with Crippen LogP contribution in [0.5, 0.6) is 0 Å². The van der Waals surface area contributed by atoms with E-state index in [2.05, 4.69) is 5.10 Å².